The number of hydrogen-bond acceptors (Lipinski definition) is 6. The largest absolute Gasteiger partial charge is 0.470 e. The van der Waals surface area contributed by atoms with Gasteiger partial charge in [0.2, 0.25) is 5.90 Å². The first-order chi connectivity index (χ1) is 13.3. The number of rotatable bonds is 5. The molecule has 0 aromatic carbocycles. The van der Waals surface area contributed by atoms with Gasteiger partial charge in [-0.3, -0.25) is 9.88 Å². The first-order valence-corrected chi connectivity index (χ1v) is 10.5. The van der Waals surface area contributed by atoms with Gasteiger partial charge in [-0.05, 0) is 76.8 Å². The van der Waals surface area contributed by atoms with E-state index in [1.54, 1.807) is 0 Å². The molecular formula is C21H32N4O2. The molecule has 2 saturated heterocycles. The lowest BCUT2D eigenvalue weighted by Gasteiger charge is -2.41. The highest BCUT2D eigenvalue weighted by atomic mass is 16.7. The van der Waals surface area contributed by atoms with Gasteiger partial charge in [-0.15, -0.1) is 0 Å². The standard InChI is InChI=1S/C21H32N4O2/c1-17-18(6-5-9-23-17)14-21(7-10-22-11-8-21)20-24-26-16-19(27-20)15-25-12-3-2-4-13-25/h5-6,9,19,22H,2-4,7-8,10-16H2,1H3. The van der Waals surface area contributed by atoms with E-state index in [2.05, 4.69) is 33.3 Å². The van der Waals surface area contributed by atoms with E-state index >= 15 is 0 Å². The quantitative estimate of drug-likeness (QED) is 0.861. The molecule has 0 saturated carbocycles. The second kappa shape index (κ2) is 8.57. The molecule has 0 radical (unpaired) electrons. The Morgan fingerprint density at radius 1 is 1.22 bits per heavy atom. The number of nitrogens with zero attached hydrogens (tertiary/aromatic N) is 3. The van der Waals surface area contributed by atoms with Crippen molar-refractivity contribution < 1.29 is 9.57 Å². The van der Waals surface area contributed by atoms with Crippen LogP contribution in [0.25, 0.3) is 0 Å². The van der Waals surface area contributed by atoms with Gasteiger partial charge in [0.25, 0.3) is 0 Å². The van der Waals surface area contributed by atoms with Crippen LogP contribution < -0.4 is 5.32 Å². The fourth-order valence-electron chi connectivity index (χ4n) is 4.57. The highest BCUT2D eigenvalue weighted by Crippen LogP contribution is 2.37. The van der Waals surface area contributed by atoms with E-state index in [0.29, 0.717) is 6.61 Å². The minimum Gasteiger partial charge on any atom is -0.470 e. The minimum atomic E-state index is -0.0976. The molecule has 6 heteroatoms. The number of pyridine rings is 1. The van der Waals surface area contributed by atoms with Gasteiger partial charge >= 0.3 is 0 Å². The first-order valence-electron chi connectivity index (χ1n) is 10.5. The third-order valence-corrected chi connectivity index (χ3v) is 6.26. The average molecular weight is 373 g/mol. The van der Waals surface area contributed by atoms with Crippen LogP contribution in [0.1, 0.15) is 43.4 Å². The van der Waals surface area contributed by atoms with Crippen molar-refractivity contribution in [1.29, 1.82) is 0 Å². The van der Waals surface area contributed by atoms with Gasteiger partial charge in [0, 0.05) is 18.4 Å². The normalized spacial score (nSPS) is 26.0. The van der Waals surface area contributed by atoms with Gasteiger partial charge in [-0.2, -0.15) is 0 Å². The van der Waals surface area contributed by atoms with Crippen molar-refractivity contribution in [2.24, 2.45) is 10.6 Å². The van der Waals surface area contributed by atoms with Crippen LogP contribution in [0.5, 0.6) is 0 Å². The average Bonchev–Trinajstić information content (AvgIpc) is 2.72. The van der Waals surface area contributed by atoms with E-state index in [1.165, 1.54) is 37.9 Å². The molecule has 0 spiro atoms. The molecular weight excluding hydrogens is 340 g/mol. The lowest BCUT2D eigenvalue weighted by Crippen LogP contribution is -2.49. The summed E-state index contributed by atoms with van der Waals surface area (Å²) in [5, 5.41) is 7.90. The van der Waals surface area contributed by atoms with Crippen LogP contribution >= 0.6 is 0 Å². The smallest absolute Gasteiger partial charge is 0.232 e. The van der Waals surface area contributed by atoms with Crippen LogP contribution in [0.4, 0.5) is 0 Å². The zero-order valence-corrected chi connectivity index (χ0v) is 16.5. The zero-order chi connectivity index (χ0) is 18.5. The molecule has 3 aliphatic heterocycles. The van der Waals surface area contributed by atoms with E-state index in [9.17, 15) is 0 Å². The van der Waals surface area contributed by atoms with Crippen molar-refractivity contribution in [1.82, 2.24) is 15.2 Å². The lowest BCUT2D eigenvalue weighted by molar-refractivity contribution is -0.0242. The number of ether oxygens (including phenoxy) is 1. The van der Waals surface area contributed by atoms with Crippen molar-refractivity contribution in [2.45, 2.75) is 51.6 Å². The van der Waals surface area contributed by atoms with Crippen molar-refractivity contribution >= 4 is 5.90 Å². The maximum absolute atomic E-state index is 6.48. The Balaban J connectivity index is 1.49. The van der Waals surface area contributed by atoms with Crippen LogP contribution in [0.3, 0.4) is 0 Å². The van der Waals surface area contributed by atoms with Crippen LogP contribution in [-0.2, 0) is 16.0 Å². The number of hydrogen-bond donors (Lipinski definition) is 1. The van der Waals surface area contributed by atoms with E-state index in [4.69, 9.17) is 9.57 Å². The molecule has 1 aromatic heterocycles. The Morgan fingerprint density at radius 3 is 2.81 bits per heavy atom. The number of likely N-dealkylation sites (tertiary alicyclic amines) is 1. The van der Waals surface area contributed by atoms with Crippen LogP contribution in [-0.4, -0.2) is 61.2 Å². The zero-order valence-electron chi connectivity index (χ0n) is 16.5. The Labute approximate surface area is 162 Å². The monoisotopic (exact) mass is 372 g/mol. The second-order valence-corrected chi connectivity index (χ2v) is 8.25. The molecule has 1 unspecified atom stereocenters. The Morgan fingerprint density at radius 2 is 2.04 bits per heavy atom. The summed E-state index contributed by atoms with van der Waals surface area (Å²) >= 11 is 0. The van der Waals surface area contributed by atoms with E-state index in [-0.39, 0.29) is 11.5 Å². The van der Waals surface area contributed by atoms with Crippen molar-refractivity contribution in [2.75, 3.05) is 39.3 Å². The maximum atomic E-state index is 6.48. The Bertz CT molecular complexity index is 651. The fourth-order valence-corrected chi connectivity index (χ4v) is 4.57. The van der Waals surface area contributed by atoms with Gasteiger partial charge in [-0.25, -0.2) is 0 Å². The second-order valence-electron chi connectivity index (χ2n) is 8.25. The van der Waals surface area contributed by atoms with E-state index in [1.807, 2.05) is 12.3 Å². The van der Waals surface area contributed by atoms with Crippen LogP contribution in [0.2, 0.25) is 0 Å². The molecule has 148 valence electrons. The predicted octanol–water partition coefficient (Wildman–Crippen LogP) is 2.52. The molecule has 6 nitrogen and oxygen atoms in total. The highest BCUT2D eigenvalue weighted by Gasteiger charge is 2.42. The van der Waals surface area contributed by atoms with Crippen LogP contribution in [0, 0.1) is 12.3 Å². The summed E-state index contributed by atoms with van der Waals surface area (Å²) in [7, 11) is 0. The van der Waals surface area contributed by atoms with Gasteiger partial charge in [-0.1, -0.05) is 17.6 Å². The van der Waals surface area contributed by atoms with Gasteiger partial charge < -0.3 is 14.9 Å². The molecule has 0 bridgehead atoms. The molecule has 2 fully saturated rings. The van der Waals surface area contributed by atoms with E-state index in [0.717, 1.165) is 50.5 Å². The van der Waals surface area contributed by atoms with Crippen LogP contribution in [0.15, 0.2) is 23.5 Å². The summed E-state index contributed by atoms with van der Waals surface area (Å²) in [6, 6.07) is 4.21. The third kappa shape index (κ3) is 4.43. The molecule has 0 aliphatic carbocycles. The molecule has 3 aliphatic rings. The topological polar surface area (TPSA) is 59.0 Å². The predicted molar refractivity (Wildman–Crippen MR) is 106 cm³/mol. The molecule has 1 atom stereocenters. The molecule has 4 heterocycles. The number of aryl methyl sites for hydroxylation is 1. The SMILES string of the molecule is Cc1ncccc1CC1(C2=NOCC(CN3CCCCC3)O2)CCNCC1. The first kappa shape index (κ1) is 18.7. The Kier molecular flexibility index (Phi) is 5.93. The Hall–Kier alpha value is -1.66. The number of piperidine rings is 2. The molecule has 27 heavy (non-hydrogen) atoms. The van der Waals surface area contributed by atoms with Gasteiger partial charge in [0.1, 0.15) is 6.10 Å². The minimum absolute atomic E-state index is 0.0809. The number of oxime groups is 1. The number of nitrogens with one attached hydrogen (secondary N) is 1. The maximum Gasteiger partial charge on any atom is 0.232 e. The molecule has 1 aromatic rings. The summed E-state index contributed by atoms with van der Waals surface area (Å²) < 4.78 is 6.48. The highest BCUT2D eigenvalue weighted by molar-refractivity contribution is 5.83. The molecule has 0 amide bonds. The lowest BCUT2D eigenvalue weighted by atomic mass is 9.73. The van der Waals surface area contributed by atoms with E-state index < -0.39 is 0 Å². The van der Waals surface area contributed by atoms with Gasteiger partial charge in [0.05, 0.1) is 5.41 Å². The van der Waals surface area contributed by atoms with Crippen molar-refractivity contribution in [3.63, 3.8) is 0 Å². The third-order valence-electron chi connectivity index (χ3n) is 6.26. The summed E-state index contributed by atoms with van der Waals surface area (Å²) in [4.78, 5) is 12.7. The summed E-state index contributed by atoms with van der Waals surface area (Å²) in [5.41, 5.74) is 2.28. The summed E-state index contributed by atoms with van der Waals surface area (Å²) in [6.45, 7) is 7.91. The molecule has 1 N–H and O–H groups in total. The van der Waals surface area contributed by atoms with Crippen molar-refractivity contribution in [3.05, 3.63) is 29.6 Å². The van der Waals surface area contributed by atoms with Gasteiger partial charge in [0.15, 0.2) is 6.61 Å². The molecule has 4 rings (SSSR count). The fraction of sp³-hybridized carbons (Fsp3) is 0.714. The summed E-state index contributed by atoms with van der Waals surface area (Å²) in [5.74, 6) is 0.806. The van der Waals surface area contributed by atoms with Crippen molar-refractivity contribution in [3.8, 4) is 0 Å². The summed E-state index contributed by atoms with van der Waals surface area (Å²) in [6.07, 6.45) is 8.82. The number of aromatic nitrogens is 1.